The van der Waals surface area contributed by atoms with E-state index < -0.39 is 5.82 Å². The third kappa shape index (κ3) is 1.14. The van der Waals surface area contributed by atoms with Gasteiger partial charge in [0.15, 0.2) is 0 Å². The van der Waals surface area contributed by atoms with Gasteiger partial charge < -0.3 is 0 Å². The van der Waals surface area contributed by atoms with Crippen LogP contribution in [0.2, 0.25) is 0 Å². The van der Waals surface area contributed by atoms with E-state index in [4.69, 9.17) is 10.5 Å². The lowest BCUT2D eigenvalue weighted by Crippen LogP contribution is -1.82. The molecule has 2 rings (SSSR count). The fourth-order valence-corrected chi connectivity index (χ4v) is 2.12. The number of nitrogens with zero attached hydrogens (tertiary/aromatic N) is 2. The highest BCUT2D eigenvalue weighted by molar-refractivity contribution is 7.19. The maximum Gasteiger partial charge on any atom is 0.141 e. The minimum absolute atomic E-state index is 0.0141. The molecule has 0 aliphatic rings. The molecule has 0 amide bonds. The average Bonchev–Trinajstić information content (AvgIpc) is 2.60. The van der Waals surface area contributed by atoms with E-state index in [1.54, 1.807) is 18.2 Å². The summed E-state index contributed by atoms with van der Waals surface area (Å²) in [5, 5.41) is 17.9. The van der Waals surface area contributed by atoms with Crippen molar-refractivity contribution in [3.63, 3.8) is 0 Å². The van der Waals surface area contributed by atoms with E-state index in [0.717, 1.165) is 4.70 Å². The summed E-state index contributed by atoms with van der Waals surface area (Å²) in [4.78, 5) is 0.488. The molecule has 2 nitrogen and oxygen atoms in total. The van der Waals surface area contributed by atoms with Crippen LogP contribution in [-0.2, 0) is 0 Å². The number of fused-ring (bicyclic) bond motifs is 1. The van der Waals surface area contributed by atoms with Gasteiger partial charge in [-0.2, -0.15) is 10.5 Å². The fraction of sp³-hybridized carbons (Fsp3) is 0. The van der Waals surface area contributed by atoms with E-state index in [0.29, 0.717) is 10.3 Å². The molecule has 0 saturated carbocycles. The monoisotopic (exact) mass is 202 g/mol. The number of benzene rings is 1. The van der Waals surface area contributed by atoms with Gasteiger partial charge in [0, 0.05) is 10.1 Å². The molecule has 0 aliphatic carbocycles. The van der Waals surface area contributed by atoms with E-state index in [2.05, 4.69) is 0 Å². The average molecular weight is 202 g/mol. The van der Waals surface area contributed by atoms with Gasteiger partial charge in [-0.05, 0) is 18.2 Å². The highest BCUT2D eigenvalue weighted by Crippen LogP contribution is 2.28. The molecule has 0 unspecified atom stereocenters. The summed E-state index contributed by atoms with van der Waals surface area (Å²) in [7, 11) is 0. The molecule has 66 valence electrons. The highest BCUT2D eigenvalue weighted by atomic mass is 32.1. The van der Waals surface area contributed by atoms with Crippen molar-refractivity contribution in [2.24, 2.45) is 0 Å². The molecule has 0 bridgehead atoms. The van der Waals surface area contributed by atoms with Gasteiger partial charge in [0.1, 0.15) is 22.8 Å². The summed E-state index contributed by atoms with van der Waals surface area (Å²) < 4.78 is 13.9. The van der Waals surface area contributed by atoms with Crippen molar-refractivity contribution in [1.29, 1.82) is 10.5 Å². The second-order valence-electron chi connectivity index (χ2n) is 2.67. The van der Waals surface area contributed by atoms with Gasteiger partial charge >= 0.3 is 0 Å². The van der Waals surface area contributed by atoms with Gasteiger partial charge in [0.05, 0.1) is 5.56 Å². The fourth-order valence-electron chi connectivity index (χ4n) is 1.25. The topological polar surface area (TPSA) is 47.6 Å². The van der Waals surface area contributed by atoms with E-state index in [-0.39, 0.29) is 5.56 Å². The number of rotatable bonds is 0. The Morgan fingerprint density at radius 2 is 2.00 bits per heavy atom. The Morgan fingerprint density at radius 1 is 1.21 bits per heavy atom. The molecule has 1 heterocycles. The van der Waals surface area contributed by atoms with Crippen LogP contribution in [0.4, 0.5) is 4.39 Å². The predicted octanol–water partition coefficient (Wildman–Crippen LogP) is 2.78. The largest absolute Gasteiger partial charge is 0.206 e. The molecule has 0 N–H and O–H groups in total. The third-order valence-electron chi connectivity index (χ3n) is 1.87. The number of hydrogen-bond donors (Lipinski definition) is 0. The predicted molar refractivity (Wildman–Crippen MR) is 51.2 cm³/mol. The molecule has 0 saturated heterocycles. The van der Waals surface area contributed by atoms with Crippen molar-refractivity contribution in [2.45, 2.75) is 0 Å². The van der Waals surface area contributed by atoms with Crippen LogP contribution < -0.4 is 0 Å². The molecule has 0 radical (unpaired) electrons. The molecular formula is C10H3FN2S. The normalized spacial score (nSPS) is 9.64. The first kappa shape index (κ1) is 8.68. The second kappa shape index (κ2) is 3.10. The van der Waals surface area contributed by atoms with Gasteiger partial charge in [0.2, 0.25) is 0 Å². The van der Waals surface area contributed by atoms with Crippen molar-refractivity contribution in [3.8, 4) is 12.1 Å². The smallest absolute Gasteiger partial charge is 0.141 e. The van der Waals surface area contributed by atoms with Crippen LogP contribution in [0.1, 0.15) is 10.4 Å². The minimum atomic E-state index is -0.540. The standard InChI is InChI=1S/C10H3FN2S/c11-9-1-2-10-7(8(9)5-13)3-6(4-12)14-10/h1-3H. The van der Waals surface area contributed by atoms with Crippen molar-refractivity contribution in [1.82, 2.24) is 0 Å². The van der Waals surface area contributed by atoms with Gasteiger partial charge in [-0.15, -0.1) is 11.3 Å². The molecule has 0 fully saturated rings. The lowest BCUT2D eigenvalue weighted by molar-refractivity contribution is 0.626. The Balaban J connectivity index is 2.90. The maximum atomic E-state index is 13.1. The van der Waals surface area contributed by atoms with Gasteiger partial charge in [0.25, 0.3) is 0 Å². The summed E-state index contributed by atoms with van der Waals surface area (Å²) >= 11 is 1.26. The Kier molecular flexibility index (Phi) is 1.92. The first-order chi connectivity index (χ1) is 6.76. The van der Waals surface area contributed by atoms with E-state index >= 15 is 0 Å². The lowest BCUT2D eigenvalue weighted by atomic mass is 10.1. The summed E-state index contributed by atoms with van der Waals surface area (Å²) in [5.74, 6) is -0.540. The van der Waals surface area contributed by atoms with E-state index in [1.165, 1.54) is 17.4 Å². The second-order valence-corrected chi connectivity index (χ2v) is 3.75. The first-order valence-electron chi connectivity index (χ1n) is 3.78. The molecule has 0 atom stereocenters. The Bertz CT molecular complexity index is 586. The molecule has 2 aromatic rings. The van der Waals surface area contributed by atoms with Crippen molar-refractivity contribution < 1.29 is 4.39 Å². The number of halogens is 1. The Hall–Kier alpha value is -1.91. The molecule has 1 aromatic heterocycles. The van der Waals surface area contributed by atoms with Crippen LogP contribution >= 0.6 is 11.3 Å². The summed E-state index contributed by atoms with van der Waals surface area (Å²) in [6.07, 6.45) is 0. The lowest BCUT2D eigenvalue weighted by Gasteiger charge is -1.93. The minimum Gasteiger partial charge on any atom is -0.206 e. The van der Waals surface area contributed by atoms with E-state index in [9.17, 15) is 4.39 Å². The molecule has 0 spiro atoms. The zero-order chi connectivity index (χ0) is 10.1. The molecular weight excluding hydrogens is 199 g/mol. The first-order valence-corrected chi connectivity index (χ1v) is 4.60. The molecule has 0 aliphatic heterocycles. The number of nitriles is 2. The van der Waals surface area contributed by atoms with Gasteiger partial charge in [-0.25, -0.2) is 4.39 Å². The summed E-state index contributed by atoms with van der Waals surface area (Å²) in [6.45, 7) is 0. The SMILES string of the molecule is N#Cc1cc2c(C#N)c(F)ccc2s1. The van der Waals surface area contributed by atoms with Crippen molar-refractivity contribution >= 4 is 21.4 Å². The van der Waals surface area contributed by atoms with Crippen LogP contribution in [0.3, 0.4) is 0 Å². The van der Waals surface area contributed by atoms with Crippen LogP contribution in [-0.4, -0.2) is 0 Å². The molecule has 4 heteroatoms. The third-order valence-corrected chi connectivity index (χ3v) is 2.88. The molecule has 14 heavy (non-hydrogen) atoms. The highest BCUT2D eigenvalue weighted by Gasteiger charge is 2.09. The summed E-state index contributed by atoms with van der Waals surface area (Å²) in [5.41, 5.74) is 0.0141. The van der Waals surface area contributed by atoms with Crippen LogP contribution in [0.25, 0.3) is 10.1 Å². The van der Waals surface area contributed by atoms with Gasteiger partial charge in [-0.1, -0.05) is 0 Å². The van der Waals surface area contributed by atoms with E-state index in [1.807, 2.05) is 6.07 Å². The molecule has 1 aromatic carbocycles. The van der Waals surface area contributed by atoms with Gasteiger partial charge in [-0.3, -0.25) is 0 Å². The quantitative estimate of drug-likeness (QED) is 0.659. The van der Waals surface area contributed by atoms with Crippen LogP contribution in [0, 0.1) is 28.5 Å². The van der Waals surface area contributed by atoms with Crippen LogP contribution in [0.5, 0.6) is 0 Å². The zero-order valence-electron chi connectivity index (χ0n) is 6.91. The van der Waals surface area contributed by atoms with Crippen LogP contribution in [0.15, 0.2) is 18.2 Å². The van der Waals surface area contributed by atoms with Crippen molar-refractivity contribution in [2.75, 3.05) is 0 Å². The number of hydrogen-bond acceptors (Lipinski definition) is 3. The Labute approximate surface area is 83.4 Å². The summed E-state index contributed by atoms with van der Waals surface area (Å²) in [6, 6.07) is 8.14. The number of thiophene rings is 1. The van der Waals surface area contributed by atoms with Crippen molar-refractivity contribution in [3.05, 3.63) is 34.5 Å². The zero-order valence-corrected chi connectivity index (χ0v) is 7.73. The Morgan fingerprint density at radius 3 is 2.64 bits per heavy atom. The maximum absolute atomic E-state index is 13.1.